The summed E-state index contributed by atoms with van der Waals surface area (Å²) in [4.78, 5) is 24.8. The maximum atomic E-state index is 12.3. The lowest BCUT2D eigenvalue weighted by Gasteiger charge is -2.08. The maximum Gasteiger partial charge on any atom is 0.513 e. The van der Waals surface area contributed by atoms with Gasteiger partial charge in [-0.25, -0.2) is 10.2 Å². The summed E-state index contributed by atoms with van der Waals surface area (Å²) in [6, 6.07) is 22.4. The zero-order valence-electron chi connectivity index (χ0n) is 17.6. The van der Waals surface area contributed by atoms with Crippen LogP contribution in [0.2, 0.25) is 0 Å². The zero-order chi connectivity index (χ0) is 22.8. The molecule has 3 aromatic carbocycles. The van der Waals surface area contributed by atoms with Crippen molar-refractivity contribution in [3.8, 4) is 11.5 Å². The Hall–Kier alpha value is -3.78. The molecule has 0 spiro atoms. The topological polar surface area (TPSA) is 86.2 Å². The molecule has 0 saturated carbocycles. The molecule has 0 fully saturated rings. The van der Waals surface area contributed by atoms with Crippen LogP contribution in [0, 0.1) is 0 Å². The molecule has 7 nitrogen and oxygen atoms in total. The minimum Gasteiger partial charge on any atom is -0.493 e. The second-order valence-electron chi connectivity index (χ2n) is 6.46. The van der Waals surface area contributed by atoms with E-state index in [1.54, 1.807) is 42.1 Å². The monoisotopic (exact) mass is 450 g/mol. The van der Waals surface area contributed by atoms with Gasteiger partial charge in [-0.2, -0.15) is 5.10 Å². The third kappa shape index (κ3) is 6.61. The molecule has 0 radical (unpaired) electrons. The van der Waals surface area contributed by atoms with Gasteiger partial charge in [0.2, 0.25) is 0 Å². The number of hydrogen-bond donors (Lipinski definition) is 1. The third-order valence-corrected chi connectivity index (χ3v) is 5.38. The number of thioether (sulfide) groups is 1. The van der Waals surface area contributed by atoms with E-state index >= 15 is 0 Å². The molecule has 0 saturated heterocycles. The average Bonchev–Trinajstić information content (AvgIpc) is 2.84. The van der Waals surface area contributed by atoms with Crippen LogP contribution in [0.25, 0.3) is 0 Å². The molecule has 0 aromatic heterocycles. The highest BCUT2D eigenvalue weighted by molar-refractivity contribution is 7.98. The van der Waals surface area contributed by atoms with Crippen molar-refractivity contribution in [3.05, 3.63) is 89.5 Å². The fraction of sp³-hybridized carbons (Fsp3) is 0.125. The largest absolute Gasteiger partial charge is 0.513 e. The lowest BCUT2D eigenvalue weighted by Crippen LogP contribution is -2.17. The summed E-state index contributed by atoms with van der Waals surface area (Å²) in [7, 11) is 2.67. The number of nitrogens with one attached hydrogen (secondary N) is 1. The minimum absolute atomic E-state index is 0.214. The van der Waals surface area contributed by atoms with Crippen molar-refractivity contribution in [2.24, 2.45) is 5.10 Å². The van der Waals surface area contributed by atoms with Crippen molar-refractivity contribution in [2.75, 3.05) is 14.2 Å². The predicted molar refractivity (Wildman–Crippen MR) is 124 cm³/mol. The molecule has 3 aromatic rings. The van der Waals surface area contributed by atoms with E-state index in [0.717, 1.165) is 11.3 Å². The van der Waals surface area contributed by atoms with Crippen LogP contribution in [-0.2, 0) is 10.5 Å². The third-order valence-electron chi connectivity index (χ3n) is 4.29. The number of carbonyl (C=O) groups excluding carboxylic acids is 2. The first kappa shape index (κ1) is 22.9. The summed E-state index contributed by atoms with van der Waals surface area (Å²) < 4.78 is 14.7. The Kier molecular flexibility index (Phi) is 8.28. The number of methoxy groups -OCH3 is 2. The van der Waals surface area contributed by atoms with E-state index in [0.29, 0.717) is 16.9 Å². The molecule has 0 aliphatic rings. The smallest absolute Gasteiger partial charge is 0.493 e. The normalized spacial score (nSPS) is 10.6. The second kappa shape index (κ2) is 11.6. The molecule has 0 aliphatic heterocycles. The lowest BCUT2D eigenvalue weighted by molar-refractivity contribution is 0.0955. The van der Waals surface area contributed by atoms with Gasteiger partial charge in [-0.3, -0.25) is 4.79 Å². The summed E-state index contributed by atoms with van der Waals surface area (Å²) in [5.41, 5.74) is 4.78. The lowest BCUT2D eigenvalue weighted by atomic mass is 10.1. The number of carbonyl (C=O) groups is 2. The quantitative estimate of drug-likeness (QED) is 0.173. The average molecular weight is 451 g/mol. The molecule has 3 rings (SSSR count). The van der Waals surface area contributed by atoms with Crippen molar-refractivity contribution < 1.29 is 23.8 Å². The fourth-order valence-corrected chi connectivity index (χ4v) is 3.52. The van der Waals surface area contributed by atoms with Gasteiger partial charge in [-0.1, -0.05) is 30.3 Å². The Morgan fingerprint density at radius 2 is 1.72 bits per heavy atom. The number of amides is 1. The van der Waals surface area contributed by atoms with Crippen molar-refractivity contribution in [1.82, 2.24) is 5.43 Å². The van der Waals surface area contributed by atoms with Crippen molar-refractivity contribution in [3.63, 3.8) is 0 Å². The van der Waals surface area contributed by atoms with Crippen LogP contribution < -0.4 is 14.9 Å². The first-order valence-corrected chi connectivity index (χ1v) is 10.6. The second-order valence-corrected chi connectivity index (χ2v) is 7.51. The Morgan fingerprint density at radius 1 is 0.969 bits per heavy atom. The molecule has 1 N–H and O–H groups in total. The predicted octanol–water partition coefficient (Wildman–Crippen LogP) is 4.90. The summed E-state index contributed by atoms with van der Waals surface area (Å²) in [5.74, 6) is 1.04. The molecule has 0 unspecified atom stereocenters. The highest BCUT2D eigenvalue weighted by atomic mass is 32.2. The summed E-state index contributed by atoms with van der Waals surface area (Å²) in [6.45, 7) is 0. The van der Waals surface area contributed by atoms with E-state index in [1.807, 2.05) is 30.3 Å². The number of rotatable bonds is 8. The number of nitrogens with zero attached hydrogens (tertiary/aromatic N) is 1. The number of benzene rings is 3. The van der Waals surface area contributed by atoms with Gasteiger partial charge in [0.05, 0.1) is 20.4 Å². The van der Waals surface area contributed by atoms with Crippen molar-refractivity contribution in [2.45, 2.75) is 10.6 Å². The van der Waals surface area contributed by atoms with E-state index in [2.05, 4.69) is 27.4 Å². The molecule has 164 valence electrons. The molecular weight excluding hydrogens is 428 g/mol. The Morgan fingerprint density at radius 3 is 2.41 bits per heavy atom. The summed E-state index contributed by atoms with van der Waals surface area (Å²) >= 11 is 1.74. The molecule has 32 heavy (non-hydrogen) atoms. The molecule has 1 amide bonds. The van der Waals surface area contributed by atoms with Crippen LogP contribution in [-0.4, -0.2) is 32.5 Å². The molecule has 0 heterocycles. The van der Waals surface area contributed by atoms with Gasteiger partial charge in [0, 0.05) is 16.2 Å². The Labute approximate surface area is 190 Å². The van der Waals surface area contributed by atoms with E-state index in [9.17, 15) is 9.59 Å². The van der Waals surface area contributed by atoms with Gasteiger partial charge in [-0.15, -0.1) is 11.8 Å². The summed E-state index contributed by atoms with van der Waals surface area (Å²) in [6.07, 6.45) is 0.620. The molecular formula is C24H22N2O5S. The standard InChI is InChI=1S/C24H22N2O5S/c1-29-22-14-18(10-13-21(22)31-24(28)30-2)15-25-26-23(27)19-11-8-17(9-12-19)16-32-20-6-4-3-5-7-20/h3-15H,16H2,1-2H3,(H,26,27)/b25-15+. The van der Waals surface area contributed by atoms with Crippen molar-refractivity contribution >= 4 is 30.0 Å². The van der Waals surface area contributed by atoms with E-state index < -0.39 is 6.16 Å². The summed E-state index contributed by atoms with van der Waals surface area (Å²) in [5, 5.41) is 3.98. The number of hydrogen-bond acceptors (Lipinski definition) is 7. The van der Waals surface area contributed by atoms with Gasteiger partial charge in [0.1, 0.15) is 0 Å². The van der Waals surface area contributed by atoms with Gasteiger partial charge < -0.3 is 14.2 Å². The molecule has 8 heteroatoms. The van der Waals surface area contributed by atoms with Crippen LogP contribution in [0.3, 0.4) is 0 Å². The van der Waals surface area contributed by atoms with Crippen LogP contribution in [0.1, 0.15) is 21.5 Å². The van der Waals surface area contributed by atoms with E-state index in [4.69, 9.17) is 9.47 Å². The van der Waals surface area contributed by atoms with Crippen LogP contribution in [0.4, 0.5) is 4.79 Å². The Bertz CT molecular complexity index is 1090. The fourth-order valence-electron chi connectivity index (χ4n) is 2.65. The minimum atomic E-state index is -0.846. The van der Waals surface area contributed by atoms with Gasteiger partial charge in [-0.05, 0) is 53.6 Å². The highest BCUT2D eigenvalue weighted by Gasteiger charge is 2.10. The zero-order valence-corrected chi connectivity index (χ0v) is 18.4. The van der Waals surface area contributed by atoms with Crippen LogP contribution in [0.15, 0.2) is 82.8 Å². The maximum absolute atomic E-state index is 12.3. The molecule has 0 bridgehead atoms. The van der Waals surface area contributed by atoms with Crippen LogP contribution in [0.5, 0.6) is 11.5 Å². The Balaban J connectivity index is 1.55. The first-order valence-electron chi connectivity index (χ1n) is 9.63. The first-order chi connectivity index (χ1) is 15.6. The molecule has 0 atom stereocenters. The van der Waals surface area contributed by atoms with Gasteiger partial charge >= 0.3 is 6.16 Å². The molecule has 0 aliphatic carbocycles. The van der Waals surface area contributed by atoms with Gasteiger partial charge in [0.25, 0.3) is 5.91 Å². The van der Waals surface area contributed by atoms with E-state index in [1.165, 1.54) is 25.3 Å². The number of hydrazone groups is 1. The highest BCUT2D eigenvalue weighted by Crippen LogP contribution is 2.28. The van der Waals surface area contributed by atoms with Crippen molar-refractivity contribution in [1.29, 1.82) is 0 Å². The number of ether oxygens (including phenoxy) is 3. The van der Waals surface area contributed by atoms with Crippen LogP contribution >= 0.6 is 11.8 Å². The SMILES string of the molecule is COC(=O)Oc1ccc(/C=N/NC(=O)c2ccc(CSc3ccccc3)cc2)cc1OC. The van der Waals surface area contributed by atoms with Gasteiger partial charge in [0.15, 0.2) is 11.5 Å². The van der Waals surface area contributed by atoms with E-state index in [-0.39, 0.29) is 11.7 Å².